The lowest BCUT2D eigenvalue weighted by molar-refractivity contribution is -0.127. The summed E-state index contributed by atoms with van der Waals surface area (Å²) in [5.41, 5.74) is 0. The summed E-state index contributed by atoms with van der Waals surface area (Å²) < 4.78 is 0. The Morgan fingerprint density at radius 1 is 1.11 bits per heavy atom. The van der Waals surface area contributed by atoms with Gasteiger partial charge in [-0.3, -0.25) is 9.69 Å². The van der Waals surface area contributed by atoms with Gasteiger partial charge in [-0.1, -0.05) is 19.3 Å². The van der Waals surface area contributed by atoms with Crippen molar-refractivity contribution in [3.63, 3.8) is 0 Å². The van der Waals surface area contributed by atoms with E-state index >= 15 is 0 Å². The van der Waals surface area contributed by atoms with Crippen molar-refractivity contribution in [1.29, 1.82) is 0 Å². The standard InChI is InChI=1S/C14H26N2O2/c17-11-10-16(12-6-2-1-3-7-12)13-8-4-5-9-15-14(13)18/h12-13,17H,1-11H2,(H,15,18). The Morgan fingerprint density at radius 3 is 2.56 bits per heavy atom. The van der Waals surface area contributed by atoms with Gasteiger partial charge >= 0.3 is 0 Å². The lowest BCUT2D eigenvalue weighted by atomic mass is 9.92. The molecule has 2 N–H and O–H groups in total. The Balaban J connectivity index is 2.03. The van der Waals surface area contributed by atoms with Crippen LogP contribution >= 0.6 is 0 Å². The van der Waals surface area contributed by atoms with E-state index in [1.54, 1.807) is 0 Å². The van der Waals surface area contributed by atoms with Crippen LogP contribution in [0, 0.1) is 0 Å². The maximum atomic E-state index is 12.1. The van der Waals surface area contributed by atoms with Crippen LogP contribution in [0.5, 0.6) is 0 Å². The molecule has 2 aliphatic rings. The molecule has 1 saturated heterocycles. The van der Waals surface area contributed by atoms with E-state index in [0.29, 0.717) is 12.6 Å². The molecular weight excluding hydrogens is 228 g/mol. The molecule has 1 amide bonds. The molecule has 18 heavy (non-hydrogen) atoms. The van der Waals surface area contributed by atoms with Crippen LogP contribution in [-0.2, 0) is 4.79 Å². The molecule has 0 radical (unpaired) electrons. The molecule has 1 aliphatic carbocycles. The molecule has 104 valence electrons. The van der Waals surface area contributed by atoms with Crippen LogP contribution in [0.1, 0.15) is 51.4 Å². The molecule has 4 nitrogen and oxygen atoms in total. The molecule has 0 bridgehead atoms. The van der Waals surface area contributed by atoms with E-state index in [9.17, 15) is 9.90 Å². The normalized spacial score (nSPS) is 27.0. The summed E-state index contributed by atoms with van der Waals surface area (Å²) in [6, 6.07) is 0.488. The zero-order valence-corrected chi connectivity index (χ0v) is 11.2. The number of hydrogen-bond donors (Lipinski definition) is 2. The Morgan fingerprint density at radius 2 is 1.83 bits per heavy atom. The minimum absolute atomic E-state index is 0.0113. The lowest BCUT2D eigenvalue weighted by Crippen LogP contribution is -2.52. The predicted molar refractivity (Wildman–Crippen MR) is 71.3 cm³/mol. The van der Waals surface area contributed by atoms with Crippen molar-refractivity contribution in [2.45, 2.75) is 63.5 Å². The zero-order chi connectivity index (χ0) is 12.8. The van der Waals surface area contributed by atoms with E-state index in [0.717, 1.165) is 25.8 Å². The monoisotopic (exact) mass is 254 g/mol. The summed E-state index contributed by atoms with van der Waals surface area (Å²) in [5, 5.41) is 12.3. The van der Waals surface area contributed by atoms with E-state index in [1.165, 1.54) is 32.1 Å². The van der Waals surface area contributed by atoms with E-state index < -0.39 is 0 Å². The van der Waals surface area contributed by atoms with E-state index in [-0.39, 0.29) is 18.6 Å². The van der Waals surface area contributed by atoms with Crippen molar-refractivity contribution in [1.82, 2.24) is 10.2 Å². The smallest absolute Gasteiger partial charge is 0.237 e. The second kappa shape index (κ2) is 7.10. The highest BCUT2D eigenvalue weighted by Crippen LogP contribution is 2.26. The molecule has 0 aromatic rings. The molecule has 4 heteroatoms. The molecule has 1 unspecified atom stereocenters. The second-order valence-electron chi connectivity index (χ2n) is 5.56. The van der Waals surface area contributed by atoms with Gasteiger partial charge in [0.15, 0.2) is 0 Å². The first-order chi connectivity index (χ1) is 8.83. The van der Waals surface area contributed by atoms with Crippen LogP contribution in [0.15, 0.2) is 0 Å². The van der Waals surface area contributed by atoms with Crippen molar-refractivity contribution in [3.05, 3.63) is 0 Å². The van der Waals surface area contributed by atoms with Crippen molar-refractivity contribution in [2.75, 3.05) is 19.7 Å². The van der Waals surface area contributed by atoms with Gasteiger partial charge in [0.25, 0.3) is 0 Å². The SMILES string of the molecule is O=C1NCCCCC1N(CCO)C1CCCCC1. The van der Waals surface area contributed by atoms with Crippen molar-refractivity contribution in [2.24, 2.45) is 0 Å². The topological polar surface area (TPSA) is 52.6 Å². The molecule has 0 aromatic carbocycles. The molecule has 1 heterocycles. The van der Waals surface area contributed by atoms with E-state index in [1.807, 2.05) is 0 Å². The van der Waals surface area contributed by atoms with Gasteiger partial charge < -0.3 is 10.4 Å². The fourth-order valence-corrected chi connectivity index (χ4v) is 3.36. The third-order valence-corrected chi connectivity index (χ3v) is 4.31. The Kier molecular flexibility index (Phi) is 5.45. The van der Waals surface area contributed by atoms with Gasteiger partial charge in [-0.2, -0.15) is 0 Å². The summed E-state index contributed by atoms with van der Waals surface area (Å²) >= 11 is 0. The number of nitrogens with one attached hydrogen (secondary N) is 1. The molecule has 2 fully saturated rings. The third kappa shape index (κ3) is 3.45. The van der Waals surface area contributed by atoms with Gasteiger partial charge in [0.1, 0.15) is 0 Å². The van der Waals surface area contributed by atoms with E-state index in [4.69, 9.17) is 0 Å². The Labute approximate surface area is 110 Å². The maximum absolute atomic E-state index is 12.1. The number of carbonyl (C=O) groups is 1. The molecule has 1 aliphatic heterocycles. The van der Waals surface area contributed by atoms with Crippen molar-refractivity contribution in [3.8, 4) is 0 Å². The molecular formula is C14H26N2O2. The molecule has 2 rings (SSSR count). The number of amides is 1. The predicted octanol–water partition coefficient (Wildman–Crippen LogP) is 1.28. The number of aliphatic hydroxyl groups excluding tert-OH is 1. The van der Waals surface area contributed by atoms with E-state index in [2.05, 4.69) is 10.2 Å². The minimum Gasteiger partial charge on any atom is -0.395 e. The Hall–Kier alpha value is -0.610. The van der Waals surface area contributed by atoms with Gasteiger partial charge in [-0.05, 0) is 32.1 Å². The van der Waals surface area contributed by atoms with Gasteiger partial charge in [-0.15, -0.1) is 0 Å². The number of hydrogen-bond acceptors (Lipinski definition) is 3. The van der Waals surface area contributed by atoms with Gasteiger partial charge in [-0.25, -0.2) is 0 Å². The first-order valence-corrected chi connectivity index (χ1v) is 7.47. The minimum atomic E-state index is -0.0113. The quantitative estimate of drug-likeness (QED) is 0.794. The lowest BCUT2D eigenvalue weighted by Gasteiger charge is -2.38. The summed E-state index contributed by atoms with van der Waals surface area (Å²) in [6.07, 6.45) is 9.36. The number of carbonyl (C=O) groups excluding carboxylic acids is 1. The summed E-state index contributed by atoms with van der Waals surface area (Å²) in [6.45, 7) is 1.61. The fourth-order valence-electron chi connectivity index (χ4n) is 3.36. The molecule has 0 aromatic heterocycles. The van der Waals surface area contributed by atoms with Crippen LogP contribution in [0.2, 0.25) is 0 Å². The highest BCUT2D eigenvalue weighted by Gasteiger charge is 2.32. The first-order valence-electron chi connectivity index (χ1n) is 7.47. The highest BCUT2D eigenvalue weighted by atomic mass is 16.3. The zero-order valence-electron chi connectivity index (χ0n) is 11.2. The van der Waals surface area contributed by atoms with Crippen molar-refractivity contribution >= 4 is 5.91 Å². The average Bonchev–Trinajstić information content (AvgIpc) is 2.62. The number of rotatable bonds is 4. The number of aliphatic hydroxyl groups is 1. The summed E-state index contributed by atoms with van der Waals surface area (Å²) in [5.74, 6) is 0.173. The van der Waals surface area contributed by atoms with Gasteiger partial charge in [0.2, 0.25) is 5.91 Å². The molecule has 0 spiro atoms. The molecule has 1 saturated carbocycles. The molecule has 1 atom stereocenters. The first kappa shape index (κ1) is 13.8. The maximum Gasteiger partial charge on any atom is 0.237 e. The van der Waals surface area contributed by atoms with Gasteiger partial charge in [0, 0.05) is 19.1 Å². The average molecular weight is 254 g/mol. The largest absolute Gasteiger partial charge is 0.395 e. The fraction of sp³-hybridized carbons (Fsp3) is 0.929. The van der Waals surface area contributed by atoms with Crippen LogP contribution < -0.4 is 5.32 Å². The van der Waals surface area contributed by atoms with Gasteiger partial charge in [0.05, 0.1) is 12.6 Å². The van der Waals surface area contributed by atoms with Crippen LogP contribution in [0.4, 0.5) is 0 Å². The number of nitrogens with zero attached hydrogens (tertiary/aromatic N) is 1. The van der Waals surface area contributed by atoms with Crippen LogP contribution in [-0.4, -0.2) is 47.7 Å². The Bertz CT molecular complexity index is 265. The van der Waals surface area contributed by atoms with Crippen LogP contribution in [0.3, 0.4) is 0 Å². The summed E-state index contributed by atoms with van der Waals surface area (Å²) in [4.78, 5) is 14.4. The van der Waals surface area contributed by atoms with Crippen molar-refractivity contribution < 1.29 is 9.90 Å². The third-order valence-electron chi connectivity index (χ3n) is 4.31. The van der Waals surface area contributed by atoms with Crippen LogP contribution in [0.25, 0.3) is 0 Å². The summed E-state index contributed by atoms with van der Waals surface area (Å²) in [7, 11) is 0. The second-order valence-corrected chi connectivity index (χ2v) is 5.56. The highest BCUT2D eigenvalue weighted by molar-refractivity contribution is 5.82.